The minimum absolute atomic E-state index is 0.168. The van der Waals surface area contributed by atoms with E-state index in [4.69, 9.17) is 14.2 Å². The topological polar surface area (TPSA) is 82.1 Å². The molecule has 0 radical (unpaired) electrons. The maximum Gasteiger partial charge on any atom is 0.332 e. The molecule has 0 heterocycles. The van der Waals surface area contributed by atoms with Crippen molar-refractivity contribution in [1.82, 2.24) is 0 Å². The summed E-state index contributed by atoms with van der Waals surface area (Å²) in [5, 5.41) is 9.63. The van der Waals surface area contributed by atoms with Gasteiger partial charge < -0.3 is 19.3 Å². The Kier molecular flexibility index (Phi) is 31.9. The van der Waals surface area contributed by atoms with Crippen LogP contribution in [0.1, 0.15) is 188 Å². The van der Waals surface area contributed by atoms with Crippen molar-refractivity contribution >= 4 is 11.9 Å². The van der Waals surface area contributed by atoms with Crippen molar-refractivity contribution in [3.63, 3.8) is 0 Å². The van der Waals surface area contributed by atoms with Gasteiger partial charge in [-0.3, -0.25) is 4.79 Å². The van der Waals surface area contributed by atoms with Gasteiger partial charge in [0.1, 0.15) is 18.8 Å². The smallest absolute Gasteiger partial charge is 0.332 e. The standard InChI is InChI=1S/C36H70O6/c1-4-6-8-10-12-14-16-18-20-22-24-26-28-34(30-37)42-36(39)32-40-31-35(41-33(3)38)29-27-25-23-21-19-17-15-13-11-9-7-5-2/h34-35,37H,4-32H2,1-3H3. The van der Waals surface area contributed by atoms with Gasteiger partial charge in [0.2, 0.25) is 0 Å². The van der Waals surface area contributed by atoms with Gasteiger partial charge >= 0.3 is 11.9 Å². The molecule has 6 heteroatoms. The summed E-state index contributed by atoms with van der Waals surface area (Å²) in [6.45, 7) is 5.75. The van der Waals surface area contributed by atoms with Crippen LogP contribution < -0.4 is 0 Å². The van der Waals surface area contributed by atoms with E-state index >= 15 is 0 Å². The first-order valence-electron chi connectivity index (χ1n) is 18.1. The van der Waals surface area contributed by atoms with Gasteiger partial charge in [0.25, 0.3) is 0 Å². The van der Waals surface area contributed by atoms with E-state index in [9.17, 15) is 14.7 Å². The number of aliphatic hydroxyl groups is 1. The molecule has 0 spiro atoms. The summed E-state index contributed by atoms with van der Waals surface area (Å²) in [7, 11) is 0. The SMILES string of the molecule is CCCCCCCCCCCCCCC(COCC(=O)OC(CO)CCCCCCCCCCCCCC)OC(C)=O. The Morgan fingerprint density at radius 2 is 0.881 bits per heavy atom. The zero-order valence-electron chi connectivity index (χ0n) is 28.1. The molecule has 1 N–H and O–H groups in total. The fourth-order valence-electron chi connectivity index (χ4n) is 5.52. The summed E-state index contributed by atoms with van der Waals surface area (Å²) in [6.07, 6.45) is 31.3. The predicted octanol–water partition coefficient (Wildman–Crippen LogP) is 10.0. The zero-order chi connectivity index (χ0) is 30.9. The number of unbranched alkanes of at least 4 members (excludes halogenated alkanes) is 22. The number of hydrogen-bond donors (Lipinski definition) is 1. The molecule has 0 bridgehead atoms. The Balaban J connectivity index is 3.84. The normalized spacial score (nSPS) is 12.8. The van der Waals surface area contributed by atoms with Gasteiger partial charge in [-0.05, 0) is 25.7 Å². The summed E-state index contributed by atoms with van der Waals surface area (Å²) < 4.78 is 16.4. The highest BCUT2D eigenvalue weighted by Gasteiger charge is 2.16. The fourth-order valence-corrected chi connectivity index (χ4v) is 5.52. The highest BCUT2D eigenvalue weighted by atomic mass is 16.6. The average Bonchev–Trinajstić information content (AvgIpc) is 2.97. The number of hydrogen-bond acceptors (Lipinski definition) is 6. The van der Waals surface area contributed by atoms with E-state index < -0.39 is 12.1 Å². The van der Waals surface area contributed by atoms with Gasteiger partial charge in [0.15, 0.2) is 0 Å². The first-order valence-corrected chi connectivity index (χ1v) is 18.1. The highest BCUT2D eigenvalue weighted by Crippen LogP contribution is 2.16. The summed E-state index contributed by atoms with van der Waals surface area (Å²) >= 11 is 0. The molecule has 0 saturated carbocycles. The third-order valence-electron chi connectivity index (χ3n) is 8.12. The summed E-state index contributed by atoms with van der Waals surface area (Å²) in [6, 6.07) is 0. The van der Waals surface area contributed by atoms with Gasteiger partial charge in [-0.1, -0.05) is 155 Å². The van der Waals surface area contributed by atoms with Crippen LogP contribution in [0.15, 0.2) is 0 Å². The molecule has 6 nitrogen and oxygen atoms in total. The molecule has 0 aliphatic rings. The van der Waals surface area contributed by atoms with Crippen molar-refractivity contribution < 1.29 is 28.9 Å². The van der Waals surface area contributed by atoms with Crippen LogP contribution in [-0.4, -0.2) is 49.1 Å². The van der Waals surface area contributed by atoms with Crippen LogP contribution in [0, 0.1) is 0 Å². The van der Waals surface area contributed by atoms with Gasteiger partial charge in [-0.15, -0.1) is 0 Å². The van der Waals surface area contributed by atoms with E-state index in [2.05, 4.69) is 13.8 Å². The zero-order valence-corrected chi connectivity index (χ0v) is 28.1. The lowest BCUT2D eigenvalue weighted by molar-refractivity contribution is -0.160. The second-order valence-corrected chi connectivity index (χ2v) is 12.4. The average molecular weight is 599 g/mol. The Bertz CT molecular complexity index is 581. The molecule has 0 fully saturated rings. The number of carbonyl (C=O) groups is 2. The molecule has 0 aromatic carbocycles. The molecule has 0 aromatic heterocycles. The van der Waals surface area contributed by atoms with E-state index in [1.54, 1.807) is 0 Å². The van der Waals surface area contributed by atoms with Crippen molar-refractivity contribution in [2.24, 2.45) is 0 Å². The fraction of sp³-hybridized carbons (Fsp3) is 0.944. The molecule has 250 valence electrons. The van der Waals surface area contributed by atoms with E-state index in [0.29, 0.717) is 6.42 Å². The maximum atomic E-state index is 12.2. The summed E-state index contributed by atoms with van der Waals surface area (Å²) in [4.78, 5) is 23.8. The van der Waals surface area contributed by atoms with Gasteiger partial charge in [0.05, 0.1) is 13.2 Å². The number of ether oxygens (including phenoxy) is 3. The van der Waals surface area contributed by atoms with Crippen molar-refractivity contribution in [3.8, 4) is 0 Å². The first-order chi connectivity index (χ1) is 20.5. The van der Waals surface area contributed by atoms with E-state index in [1.807, 2.05) is 0 Å². The number of esters is 2. The minimum atomic E-state index is -0.477. The van der Waals surface area contributed by atoms with Crippen LogP contribution in [0.25, 0.3) is 0 Å². The molecule has 2 atom stereocenters. The van der Waals surface area contributed by atoms with Gasteiger partial charge in [0, 0.05) is 6.92 Å². The summed E-state index contributed by atoms with van der Waals surface area (Å²) in [5.74, 6) is -0.798. The number of carbonyl (C=O) groups excluding carboxylic acids is 2. The van der Waals surface area contributed by atoms with Crippen LogP contribution in [0.2, 0.25) is 0 Å². The molecule has 0 rings (SSSR count). The highest BCUT2D eigenvalue weighted by molar-refractivity contribution is 5.70. The molecular weight excluding hydrogens is 528 g/mol. The molecule has 0 amide bonds. The van der Waals surface area contributed by atoms with E-state index in [1.165, 1.54) is 135 Å². The number of aliphatic hydroxyl groups excluding tert-OH is 1. The second kappa shape index (κ2) is 32.8. The van der Waals surface area contributed by atoms with Crippen molar-refractivity contribution in [2.45, 2.75) is 200 Å². The van der Waals surface area contributed by atoms with Crippen LogP contribution in [0.3, 0.4) is 0 Å². The first kappa shape index (κ1) is 40.9. The third-order valence-corrected chi connectivity index (χ3v) is 8.12. The monoisotopic (exact) mass is 599 g/mol. The molecule has 2 unspecified atom stereocenters. The van der Waals surface area contributed by atoms with Crippen LogP contribution >= 0.6 is 0 Å². The molecular formula is C36H70O6. The lowest BCUT2D eigenvalue weighted by Crippen LogP contribution is -2.27. The quantitative estimate of drug-likeness (QED) is 0.0598. The van der Waals surface area contributed by atoms with Crippen LogP contribution in [-0.2, 0) is 23.8 Å². The Morgan fingerprint density at radius 1 is 0.524 bits per heavy atom. The second-order valence-electron chi connectivity index (χ2n) is 12.4. The van der Waals surface area contributed by atoms with Gasteiger partial charge in [-0.2, -0.15) is 0 Å². The van der Waals surface area contributed by atoms with Crippen molar-refractivity contribution in [2.75, 3.05) is 19.8 Å². The summed E-state index contributed by atoms with van der Waals surface area (Å²) in [5.41, 5.74) is 0. The molecule has 0 aliphatic carbocycles. The molecule has 42 heavy (non-hydrogen) atoms. The molecule has 0 aliphatic heterocycles. The Morgan fingerprint density at radius 3 is 1.24 bits per heavy atom. The lowest BCUT2D eigenvalue weighted by Gasteiger charge is -2.18. The Labute approximate surface area is 260 Å². The van der Waals surface area contributed by atoms with Crippen LogP contribution in [0.5, 0.6) is 0 Å². The Hall–Kier alpha value is -1.14. The maximum absolute atomic E-state index is 12.2. The molecule has 0 aromatic rings. The van der Waals surface area contributed by atoms with Crippen LogP contribution in [0.4, 0.5) is 0 Å². The number of rotatable bonds is 33. The largest absolute Gasteiger partial charge is 0.460 e. The van der Waals surface area contributed by atoms with Gasteiger partial charge in [-0.25, -0.2) is 4.79 Å². The minimum Gasteiger partial charge on any atom is -0.460 e. The van der Waals surface area contributed by atoms with Crippen molar-refractivity contribution in [3.05, 3.63) is 0 Å². The lowest BCUT2D eigenvalue weighted by atomic mass is 10.0. The van der Waals surface area contributed by atoms with E-state index in [-0.39, 0.29) is 31.9 Å². The van der Waals surface area contributed by atoms with Crippen molar-refractivity contribution in [1.29, 1.82) is 0 Å². The molecule has 0 saturated heterocycles. The van der Waals surface area contributed by atoms with E-state index in [0.717, 1.165) is 32.1 Å². The predicted molar refractivity (Wildman–Crippen MR) is 175 cm³/mol. The third kappa shape index (κ3) is 30.3.